The Bertz CT molecular complexity index is 641. The number of anilines is 2. The Balaban J connectivity index is 1.93. The van der Waals surface area contributed by atoms with Gasteiger partial charge in [-0.1, -0.05) is 24.4 Å². The Labute approximate surface area is 127 Å². The number of hydrogen-bond acceptors (Lipinski definition) is 2. The second-order valence-corrected chi connectivity index (χ2v) is 4.95. The molecule has 0 aliphatic rings. The van der Waals surface area contributed by atoms with Crippen LogP contribution in [0.1, 0.15) is 5.56 Å². The van der Waals surface area contributed by atoms with E-state index in [1.165, 1.54) is 24.3 Å². The number of nitrogens with two attached hydrogens (primary N) is 1. The van der Waals surface area contributed by atoms with Crippen molar-refractivity contribution in [3.05, 3.63) is 59.9 Å². The van der Waals surface area contributed by atoms with Crippen LogP contribution in [0.5, 0.6) is 0 Å². The van der Waals surface area contributed by atoms with Gasteiger partial charge in [-0.05, 0) is 42.0 Å². The van der Waals surface area contributed by atoms with E-state index >= 15 is 0 Å². The molecule has 0 aromatic heterocycles. The van der Waals surface area contributed by atoms with Crippen molar-refractivity contribution in [3.8, 4) is 0 Å². The van der Waals surface area contributed by atoms with Gasteiger partial charge in [0.25, 0.3) is 0 Å². The molecule has 6 heteroatoms. The number of carbonyl (C=O) groups excluding carboxylic acids is 1. The van der Waals surface area contributed by atoms with E-state index < -0.39 is 6.03 Å². The molecule has 2 aromatic carbocycles. The SMILES string of the molecule is NC(=S)Cc1ccc(NC(=O)Nc2ccc(F)cc2)cc1. The van der Waals surface area contributed by atoms with E-state index in [0.29, 0.717) is 22.8 Å². The third-order valence-corrected chi connectivity index (χ3v) is 2.84. The fourth-order valence-corrected chi connectivity index (χ4v) is 1.90. The van der Waals surface area contributed by atoms with Gasteiger partial charge < -0.3 is 16.4 Å². The van der Waals surface area contributed by atoms with Crippen LogP contribution in [-0.4, -0.2) is 11.0 Å². The number of rotatable bonds is 4. The summed E-state index contributed by atoms with van der Waals surface area (Å²) in [7, 11) is 0. The molecule has 0 bridgehead atoms. The van der Waals surface area contributed by atoms with Crippen molar-refractivity contribution in [2.75, 3.05) is 10.6 Å². The molecule has 0 aliphatic carbocycles. The highest BCUT2D eigenvalue weighted by Crippen LogP contribution is 2.12. The second kappa shape index (κ2) is 6.81. The van der Waals surface area contributed by atoms with Crippen molar-refractivity contribution in [3.63, 3.8) is 0 Å². The van der Waals surface area contributed by atoms with Crippen LogP contribution in [0.25, 0.3) is 0 Å². The molecule has 0 heterocycles. The van der Waals surface area contributed by atoms with Crippen LogP contribution in [0.3, 0.4) is 0 Å². The lowest BCUT2D eigenvalue weighted by molar-refractivity contribution is 0.262. The van der Waals surface area contributed by atoms with Crippen molar-refractivity contribution in [2.24, 2.45) is 5.73 Å². The summed E-state index contributed by atoms with van der Waals surface area (Å²) in [4.78, 5) is 12.2. The minimum absolute atomic E-state index is 0.352. The van der Waals surface area contributed by atoms with E-state index in [9.17, 15) is 9.18 Å². The zero-order chi connectivity index (χ0) is 15.2. The zero-order valence-electron chi connectivity index (χ0n) is 11.1. The first-order valence-electron chi connectivity index (χ1n) is 6.24. The Morgan fingerprint density at radius 1 is 1.00 bits per heavy atom. The lowest BCUT2D eigenvalue weighted by atomic mass is 10.1. The average Bonchev–Trinajstić information content (AvgIpc) is 2.43. The standard InChI is InChI=1S/C15H14FN3OS/c16-11-3-7-13(8-4-11)19-15(20)18-12-5-1-10(2-6-12)9-14(17)21/h1-8H,9H2,(H2,17,21)(H2,18,19,20). The fraction of sp³-hybridized carbons (Fsp3) is 0.0667. The molecule has 4 nitrogen and oxygen atoms in total. The zero-order valence-corrected chi connectivity index (χ0v) is 11.9. The quantitative estimate of drug-likeness (QED) is 0.759. The molecule has 4 N–H and O–H groups in total. The van der Waals surface area contributed by atoms with E-state index in [1.54, 1.807) is 12.1 Å². The molecule has 0 fully saturated rings. The number of halogens is 1. The second-order valence-electron chi connectivity index (χ2n) is 4.43. The van der Waals surface area contributed by atoms with Gasteiger partial charge >= 0.3 is 6.03 Å². The maximum Gasteiger partial charge on any atom is 0.323 e. The molecule has 0 atom stereocenters. The van der Waals surface area contributed by atoms with Crippen LogP contribution in [0, 0.1) is 5.82 Å². The summed E-state index contributed by atoms with van der Waals surface area (Å²) in [5.41, 5.74) is 7.60. The fourth-order valence-electron chi connectivity index (χ4n) is 1.73. The average molecular weight is 303 g/mol. The van der Waals surface area contributed by atoms with E-state index in [0.717, 1.165) is 5.56 Å². The van der Waals surface area contributed by atoms with Gasteiger partial charge in [0.05, 0.1) is 4.99 Å². The Morgan fingerprint density at radius 2 is 1.48 bits per heavy atom. The van der Waals surface area contributed by atoms with Crippen LogP contribution >= 0.6 is 12.2 Å². The first kappa shape index (κ1) is 14.9. The molecule has 2 rings (SSSR count). The summed E-state index contributed by atoms with van der Waals surface area (Å²) in [6, 6.07) is 12.3. The number of nitrogens with one attached hydrogen (secondary N) is 2. The third-order valence-electron chi connectivity index (χ3n) is 2.69. The molecule has 0 saturated heterocycles. The summed E-state index contributed by atoms with van der Waals surface area (Å²) in [6.07, 6.45) is 0.525. The highest BCUT2D eigenvalue weighted by molar-refractivity contribution is 7.80. The molecule has 0 radical (unpaired) electrons. The number of benzene rings is 2. The van der Waals surface area contributed by atoms with Gasteiger partial charge in [-0.2, -0.15) is 0 Å². The van der Waals surface area contributed by atoms with Crippen LogP contribution in [0.2, 0.25) is 0 Å². The monoisotopic (exact) mass is 303 g/mol. The van der Waals surface area contributed by atoms with Crippen LogP contribution in [0.4, 0.5) is 20.6 Å². The predicted octanol–water partition coefficient (Wildman–Crippen LogP) is 3.30. The van der Waals surface area contributed by atoms with Gasteiger partial charge in [0.15, 0.2) is 0 Å². The first-order chi connectivity index (χ1) is 10.0. The molecule has 0 spiro atoms. The van der Waals surface area contributed by atoms with Crippen molar-refractivity contribution >= 4 is 34.6 Å². The van der Waals surface area contributed by atoms with Crippen LogP contribution in [-0.2, 0) is 6.42 Å². The molecular weight excluding hydrogens is 289 g/mol. The highest BCUT2D eigenvalue weighted by atomic mass is 32.1. The smallest absolute Gasteiger partial charge is 0.323 e. The molecule has 0 saturated carbocycles. The van der Waals surface area contributed by atoms with Gasteiger partial charge in [-0.25, -0.2) is 9.18 Å². The molecule has 0 aliphatic heterocycles. The van der Waals surface area contributed by atoms with Gasteiger partial charge in [-0.15, -0.1) is 0 Å². The Morgan fingerprint density at radius 3 is 1.95 bits per heavy atom. The molecule has 21 heavy (non-hydrogen) atoms. The van der Waals surface area contributed by atoms with E-state index in [4.69, 9.17) is 18.0 Å². The largest absolute Gasteiger partial charge is 0.393 e. The lowest BCUT2D eigenvalue weighted by Gasteiger charge is -2.08. The van der Waals surface area contributed by atoms with Crippen molar-refractivity contribution in [1.82, 2.24) is 0 Å². The molecule has 108 valence electrons. The summed E-state index contributed by atoms with van der Waals surface area (Å²) in [6.45, 7) is 0. The summed E-state index contributed by atoms with van der Waals surface area (Å²) in [5.74, 6) is -0.352. The number of carbonyl (C=O) groups is 1. The van der Waals surface area contributed by atoms with Gasteiger partial charge in [0.1, 0.15) is 5.82 Å². The topological polar surface area (TPSA) is 67.1 Å². The van der Waals surface area contributed by atoms with Gasteiger partial charge in [0.2, 0.25) is 0 Å². The van der Waals surface area contributed by atoms with Gasteiger partial charge in [0, 0.05) is 17.8 Å². The van der Waals surface area contributed by atoms with Crippen molar-refractivity contribution in [1.29, 1.82) is 0 Å². The van der Waals surface area contributed by atoms with E-state index in [1.807, 2.05) is 12.1 Å². The molecular formula is C15H14FN3OS. The minimum atomic E-state index is -0.399. The highest BCUT2D eigenvalue weighted by Gasteiger charge is 2.03. The normalized spacial score (nSPS) is 9.95. The summed E-state index contributed by atoms with van der Waals surface area (Å²) < 4.78 is 12.8. The van der Waals surface area contributed by atoms with E-state index in [-0.39, 0.29) is 5.82 Å². The first-order valence-corrected chi connectivity index (χ1v) is 6.64. The molecule has 2 aromatic rings. The third kappa shape index (κ3) is 4.85. The molecule has 0 unspecified atom stereocenters. The molecule has 2 amide bonds. The maximum atomic E-state index is 12.8. The summed E-state index contributed by atoms with van der Waals surface area (Å²) in [5, 5.41) is 5.28. The van der Waals surface area contributed by atoms with Crippen LogP contribution in [0.15, 0.2) is 48.5 Å². The van der Waals surface area contributed by atoms with Crippen molar-refractivity contribution in [2.45, 2.75) is 6.42 Å². The number of urea groups is 1. The number of hydrogen-bond donors (Lipinski definition) is 3. The van der Waals surface area contributed by atoms with Crippen molar-refractivity contribution < 1.29 is 9.18 Å². The number of amides is 2. The Kier molecular flexibility index (Phi) is 4.84. The van der Waals surface area contributed by atoms with Gasteiger partial charge in [-0.3, -0.25) is 0 Å². The van der Waals surface area contributed by atoms with E-state index in [2.05, 4.69) is 10.6 Å². The minimum Gasteiger partial charge on any atom is -0.393 e. The van der Waals surface area contributed by atoms with Crippen LogP contribution < -0.4 is 16.4 Å². The Hall–Kier alpha value is -2.47. The maximum absolute atomic E-state index is 12.8. The summed E-state index contributed by atoms with van der Waals surface area (Å²) >= 11 is 4.83. The predicted molar refractivity (Wildman–Crippen MR) is 86.0 cm³/mol. The lowest BCUT2D eigenvalue weighted by Crippen LogP contribution is -2.19. The number of thiocarbonyl (C=S) groups is 1.